The van der Waals surface area contributed by atoms with Crippen LogP contribution in [0, 0.1) is 11.8 Å². The number of unbranched alkanes of at least 4 members (excludes halogenated alkanes) is 2. The van der Waals surface area contributed by atoms with E-state index in [1.807, 2.05) is 12.2 Å². The standard InChI is InChI=1S/C21H34N2O/c1-3-23-21-14-7-6-13-20(21)12-5-4-11-19(15-16-22)18(2)10-8-9-17-24/h3,6-7,12-14,18-19,24H,1,4-5,8-11,15-17,22H2,2H3/b20-12+,23-21-. The SMILES string of the molecule is C=C/N=C1/C=CC=C/C1=C\CCCC(CCN)C(C)CCCCO. The van der Waals surface area contributed by atoms with Gasteiger partial charge in [0.2, 0.25) is 0 Å². The fourth-order valence-corrected chi connectivity index (χ4v) is 3.25. The largest absolute Gasteiger partial charge is 0.396 e. The zero-order chi connectivity index (χ0) is 17.6. The lowest BCUT2D eigenvalue weighted by atomic mass is 9.83. The Morgan fingerprint density at radius 1 is 1.17 bits per heavy atom. The number of aliphatic imine (C=N–C) groups is 1. The molecule has 0 aliphatic heterocycles. The van der Waals surface area contributed by atoms with E-state index >= 15 is 0 Å². The number of allylic oxidation sites excluding steroid dienone is 6. The highest BCUT2D eigenvalue weighted by atomic mass is 16.2. The Morgan fingerprint density at radius 2 is 1.96 bits per heavy atom. The van der Waals surface area contributed by atoms with E-state index in [2.05, 4.69) is 36.7 Å². The average molecular weight is 331 g/mol. The summed E-state index contributed by atoms with van der Waals surface area (Å²) in [5.74, 6) is 1.37. The van der Waals surface area contributed by atoms with Gasteiger partial charge in [-0.1, -0.05) is 50.6 Å². The van der Waals surface area contributed by atoms with Crippen LogP contribution in [0.5, 0.6) is 0 Å². The topological polar surface area (TPSA) is 58.6 Å². The molecule has 2 atom stereocenters. The van der Waals surface area contributed by atoms with Crippen molar-refractivity contribution in [1.29, 1.82) is 0 Å². The number of rotatable bonds is 12. The Morgan fingerprint density at radius 3 is 2.67 bits per heavy atom. The first-order valence-corrected chi connectivity index (χ1v) is 9.27. The highest BCUT2D eigenvalue weighted by Crippen LogP contribution is 2.26. The fraction of sp³-hybridized carbons (Fsp3) is 0.571. The predicted molar refractivity (Wildman–Crippen MR) is 105 cm³/mol. The third-order valence-electron chi connectivity index (χ3n) is 4.72. The summed E-state index contributed by atoms with van der Waals surface area (Å²) < 4.78 is 0. The first-order chi connectivity index (χ1) is 11.7. The van der Waals surface area contributed by atoms with E-state index in [0.29, 0.717) is 18.4 Å². The molecular weight excluding hydrogens is 296 g/mol. The summed E-state index contributed by atoms with van der Waals surface area (Å²) in [4.78, 5) is 4.32. The van der Waals surface area contributed by atoms with Crippen LogP contribution in [0.25, 0.3) is 0 Å². The number of nitrogens with two attached hydrogens (primary N) is 1. The van der Waals surface area contributed by atoms with Gasteiger partial charge in [-0.2, -0.15) is 0 Å². The molecule has 0 fully saturated rings. The molecule has 0 radical (unpaired) electrons. The van der Waals surface area contributed by atoms with Crippen molar-refractivity contribution in [3.8, 4) is 0 Å². The molecular formula is C21H34N2O. The maximum absolute atomic E-state index is 8.93. The molecule has 24 heavy (non-hydrogen) atoms. The zero-order valence-corrected chi connectivity index (χ0v) is 15.2. The van der Waals surface area contributed by atoms with Crippen LogP contribution in [0.15, 0.2) is 53.7 Å². The van der Waals surface area contributed by atoms with Crippen LogP contribution < -0.4 is 5.73 Å². The molecule has 0 saturated heterocycles. The van der Waals surface area contributed by atoms with Gasteiger partial charge in [-0.25, -0.2) is 0 Å². The maximum Gasteiger partial charge on any atom is 0.0698 e. The van der Waals surface area contributed by atoms with Crippen molar-refractivity contribution < 1.29 is 5.11 Å². The van der Waals surface area contributed by atoms with Gasteiger partial charge >= 0.3 is 0 Å². The average Bonchev–Trinajstić information content (AvgIpc) is 2.59. The van der Waals surface area contributed by atoms with E-state index in [-0.39, 0.29) is 0 Å². The van der Waals surface area contributed by atoms with Crippen LogP contribution in [0.4, 0.5) is 0 Å². The van der Waals surface area contributed by atoms with Crippen molar-refractivity contribution >= 4 is 5.71 Å². The molecule has 0 heterocycles. The third kappa shape index (κ3) is 7.89. The van der Waals surface area contributed by atoms with Crippen LogP contribution in [-0.4, -0.2) is 24.0 Å². The van der Waals surface area contributed by atoms with Crippen LogP contribution in [0.1, 0.15) is 51.9 Å². The molecule has 0 bridgehead atoms. The molecule has 3 nitrogen and oxygen atoms in total. The number of hydrogen-bond acceptors (Lipinski definition) is 3. The minimum Gasteiger partial charge on any atom is -0.396 e. The van der Waals surface area contributed by atoms with E-state index in [4.69, 9.17) is 10.8 Å². The van der Waals surface area contributed by atoms with Crippen LogP contribution >= 0.6 is 0 Å². The van der Waals surface area contributed by atoms with Crippen molar-refractivity contribution in [2.45, 2.75) is 51.9 Å². The summed E-state index contributed by atoms with van der Waals surface area (Å²) >= 11 is 0. The Labute approximate surface area is 147 Å². The molecule has 3 N–H and O–H groups in total. The predicted octanol–water partition coefficient (Wildman–Crippen LogP) is 4.56. The molecule has 0 spiro atoms. The van der Waals surface area contributed by atoms with Crippen LogP contribution in [-0.2, 0) is 0 Å². The van der Waals surface area contributed by atoms with Gasteiger partial charge in [0, 0.05) is 12.8 Å². The highest BCUT2D eigenvalue weighted by molar-refractivity contribution is 6.11. The zero-order valence-electron chi connectivity index (χ0n) is 15.2. The molecule has 134 valence electrons. The molecule has 2 unspecified atom stereocenters. The molecule has 1 aliphatic rings. The fourth-order valence-electron chi connectivity index (χ4n) is 3.25. The summed E-state index contributed by atoms with van der Waals surface area (Å²) in [5, 5.41) is 8.93. The minimum atomic E-state index is 0.304. The molecule has 0 aromatic rings. The van der Waals surface area contributed by atoms with E-state index in [1.54, 1.807) is 6.20 Å². The van der Waals surface area contributed by atoms with Crippen molar-refractivity contribution in [3.63, 3.8) is 0 Å². The van der Waals surface area contributed by atoms with Crippen LogP contribution in [0.2, 0.25) is 0 Å². The number of aliphatic hydroxyl groups is 1. The second-order valence-electron chi connectivity index (χ2n) is 6.54. The highest BCUT2D eigenvalue weighted by Gasteiger charge is 2.15. The summed E-state index contributed by atoms with van der Waals surface area (Å²) in [5.41, 5.74) is 7.97. The quantitative estimate of drug-likeness (QED) is 0.515. The van der Waals surface area contributed by atoms with Crippen molar-refractivity contribution in [1.82, 2.24) is 0 Å². The Hall–Kier alpha value is -1.45. The second kappa shape index (κ2) is 12.9. The molecule has 3 heteroatoms. The number of nitrogens with zero attached hydrogens (tertiary/aromatic N) is 1. The molecule has 1 rings (SSSR count). The van der Waals surface area contributed by atoms with Gasteiger partial charge in [-0.15, -0.1) is 0 Å². The first kappa shape index (κ1) is 20.6. The van der Waals surface area contributed by atoms with Gasteiger partial charge in [0.25, 0.3) is 0 Å². The smallest absolute Gasteiger partial charge is 0.0698 e. The van der Waals surface area contributed by atoms with Crippen molar-refractivity contribution in [2.75, 3.05) is 13.2 Å². The molecule has 1 aliphatic carbocycles. The van der Waals surface area contributed by atoms with Gasteiger partial charge < -0.3 is 10.8 Å². The Balaban J connectivity index is 2.45. The van der Waals surface area contributed by atoms with Crippen molar-refractivity contribution in [3.05, 3.63) is 48.7 Å². The van der Waals surface area contributed by atoms with Crippen LogP contribution in [0.3, 0.4) is 0 Å². The van der Waals surface area contributed by atoms with Crippen molar-refractivity contribution in [2.24, 2.45) is 22.6 Å². The lowest BCUT2D eigenvalue weighted by Crippen LogP contribution is -2.16. The second-order valence-corrected chi connectivity index (χ2v) is 6.54. The molecule has 0 amide bonds. The minimum absolute atomic E-state index is 0.304. The van der Waals surface area contributed by atoms with E-state index in [0.717, 1.165) is 37.9 Å². The first-order valence-electron chi connectivity index (χ1n) is 9.27. The molecule has 0 saturated carbocycles. The van der Waals surface area contributed by atoms with Gasteiger partial charge in [0.15, 0.2) is 0 Å². The lowest BCUT2D eigenvalue weighted by molar-refractivity contribution is 0.257. The van der Waals surface area contributed by atoms with E-state index in [9.17, 15) is 0 Å². The van der Waals surface area contributed by atoms with Gasteiger partial charge in [0.1, 0.15) is 0 Å². The molecule has 0 aromatic carbocycles. The maximum atomic E-state index is 8.93. The summed E-state index contributed by atoms with van der Waals surface area (Å²) in [6, 6.07) is 0. The van der Waals surface area contributed by atoms with E-state index in [1.165, 1.54) is 24.8 Å². The number of hydrogen-bond donors (Lipinski definition) is 2. The monoisotopic (exact) mass is 330 g/mol. The number of aliphatic hydroxyl groups excluding tert-OH is 1. The lowest BCUT2D eigenvalue weighted by Gasteiger charge is -2.23. The van der Waals surface area contributed by atoms with E-state index < -0.39 is 0 Å². The van der Waals surface area contributed by atoms with Gasteiger partial charge in [-0.05, 0) is 62.1 Å². The summed E-state index contributed by atoms with van der Waals surface area (Å²) in [7, 11) is 0. The summed E-state index contributed by atoms with van der Waals surface area (Å²) in [6.07, 6.45) is 19.8. The van der Waals surface area contributed by atoms with Gasteiger partial charge in [0.05, 0.1) is 5.71 Å². The third-order valence-corrected chi connectivity index (χ3v) is 4.72. The Kier molecular flexibility index (Phi) is 11.1. The molecule has 0 aromatic heterocycles. The Bertz CT molecular complexity index is 474. The summed E-state index contributed by atoms with van der Waals surface area (Å²) in [6.45, 7) is 7.08. The normalized spacial score (nSPS) is 19.8. The van der Waals surface area contributed by atoms with Gasteiger partial charge in [-0.3, -0.25) is 4.99 Å².